The number of anilines is 1. The fourth-order valence-electron chi connectivity index (χ4n) is 3.23. The van der Waals surface area contributed by atoms with Crippen molar-refractivity contribution in [2.75, 3.05) is 22.5 Å². The second kappa shape index (κ2) is 7.95. The van der Waals surface area contributed by atoms with Crippen LogP contribution in [0.25, 0.3) is 4.08 Å². The fourth-order valence-corrected chi connectivity index (χ4v) is 9.01. The van der Waals surface area contributed by atoms with Crippen LogP contribution in [0.15, 0.2) is 35.3 Å². The minimum atomic E-state index is -4.20. The number of nitrogens with one attached hydrogen (secondary N) is 1. The van der Waals surface area contributed by atoms with E-state index in [1.54, 1.807) is 7.11 Å². The number of hydrogen-bond donors (Lipinski definition) is 1. The molecule has 0 aliphatic carbocycles. The topological polar surface area (TPSA) is 105 Å². The Labute approximate surface area is 179 Å². The number of fused-ring (bicyclic) bond motifs is 1. The summed E-state index contributed by atoms with van der Waals surface area (Å²) < 4.78 is 50.1. The van der Waals surface area contributed by atoms with Crippen molar-refractivity contribution in [2.24, 2.45) is 4.99 Å². The molecule has 2 aliphatic heterocycles. The number of methoxy groups -OCH3 is 1. The molecule has 0 saturated carbocycles. The number of hydrogen-bond acceptors (Lipinski definition) is 6. The Bertz CT molecular complexity index is 1260. The van der Waals surface area contributed by atoms with Crippen molar-refractivity contribution in [1.82, 2.24) is 4.72 Å². The van der Waals surface area contributed by atoms with E-state index in [0.717, 1.165) is 21.8 Å². The number of rotatable bonds is 5. The molecule has 1 N–H and O–H groups in total. The molecule has 2 aromatic rings. The van der Waals surface area contributed by atoms with E-state index in [4.69, 9.17) is 4.74 Å². The van der Waals surface area contributed by atoms with Crippen molar-refractivity contribution in [3.05, 3.63) is 57.9 Å². The van der Waals surface area contributed by atoms with Crippen molar-refractivity contribution >= 4 is 52.0 Å². The Morgan fingerprint density at radius 1 is 1.33 bits per heavy atom. The van der Waals surface area contributed by atoms with Crippen LogP contribution in [0.5, 0.6) is 5.75 Å². The summed E-state index contributed by atoms with van der Waals surface area (Å²) in [4.78, 5) is 27.6. The van der Waals surface area contributed by atoms with Crippen LogP contribution in [0.1, 0.15) is 15.9 Å². The van der Waals surface area contributed by atoms with Crippen LogP contribution in [0, 0.1) is 5.82 Å². The molecule has 0 spiro atoms. The maximum atomic E-state index is 14.8. The van der Waals surface area contributed by atoms with Gasteiger partial charge in [0.25, 0.3) is 0 Å². The maximum absolute atomic E-state index is 14.8. The van der Waals surface area contributed by atoms with E-state index in [-0.39, 0.29) is 16.6 Å². The molecule has 1 saturated heterocycles. The van der Waals surface area contributed by atoms with Gasteiger partial charge in [0, 0.05) is 0 Å². The summed E-state index contributed by atoms with van der Waals surface area (Å²) in [7, 11) is -2.61. The molecule has 158 valence electrons. The molecule has 11 heteroatoms. The van der Waals surface area contributed by atoms with E-state index in [1.807, 2.05) is 33.1 Å². The van der Waals surface area contributed by atoms with E-state index in [9.17, 15) is 22.4 Å². The van der Waals surface area contributed by atoms with Gasteiger partial charge in [-0.05, 0) is 0 Å². The minimum absolute atomic E-state index is 0.0976. The van der Waals surface area contributed by atoms with Crippen molar-refractivity contribution in [3.8, 4) is 5.75 Å². The molecule has 0 unspecified atom stereocenters. The van der Waals surface area contributed by atoms with Crippen LogP contribution < -0.4 is 24.3 Å². The zero-order chi connectivity index (χ0) is 21.5. The van der Waals surface area contributed by atoms with Crippen molar-refractivity contribution < 1.29 is 27.1 Å². The Balaban J connectivity index is 1.78. The molecular formula is C19H17FIN3O5S. The van der Waals surface area contributed by atoms with Gasteiger partial charge in [-0.15, -0.1) is 0 Å². The van der Waals surface area contributed by atoms with Crippen LogP contribution in [-0.4, -0.2) is 38.8 Å². The first-order chi connectivity index (χ1) is 14.3. The summed E-state index contributed by atoms with van der Waals surface area (Å²) >= 11 is -1.84. The first-order valence-electron chi connectivity index (χ1n) is 8.73. The number of amides is 1. The number of ether oxygens (including phenoxy) is 1. The summed E-state index contributed by atoms with van der Waals surface area (Å²) in [6.45, 7) is -0.532. The summed E-state index contributed by atoms with van der Waals surface area (Å²) in [5, 5.41) is 0.529. The van der Waals surface area contributed by atoms with Crippen LogP contribution in [0.3, 0.4) is 0 Å². The van der Waals surface area contributed by atoms with Crippen LogP contribution in [0.2, 0.25) is 0 Å². The quantitative estimate of drug-likeness (QED) is 0.260. The predicted molar refractivity (Wildman–Crippen MR) is 117 cm³/mol. The van der Waals surface area contributed by atoms with Crippen LogP contribution >= 0.6 is 19.8 Å². The first-order valence-corrected chi connectivity index (χ1v) is 14.5. The number of carbonyl (C=O) groups is 2. The SMILES string of the molecule is COc1ccc(CI2C=c3c(C=O)cc(F)c(N4CC(=O)NS4(=O)=O)c3=NC2)cc1. The Morgan fingerprint density at radius 2 is 2.07 bits per heavy atom. The van der Waals surface area contributed by atoms with Crippen molar-refractivity contribution in [1.29, 1.82) is 0 Å². The van der Waals surface area contributed by atoms with Crippen molar-refractivity contribution in [2.45, 2.75) is 4.43 Å². The van der Waals surface area contributed by atoms with Crippen molar-refractivity contribution in [3.63, 3.8) is 0 Å². The van der Waals surface area contributed by atoms with Gasteiger partial charge >= 0.3 is 179 Å². The fraction of sp³-hybridized carbons (Fsp3) is 0.211. The second-order valence-electron chi connectivity index (χ2n) is 6.58. The number of nitrogens with zero attached hydrogens (tertiary/aromatic N) is 2. The van der Waals surface area contributed by atoms with Gasteiger partial charge in [-0.1, -0.05) is 0 Å². The van der Waals surface area contributed by atoms with E-state index >= 15 is 0 Å². The van der Waals surface area contributed by atoms with E-state index in [2.05, 4.69) is 4.99 Å². The summed E-state index contributed by atoms with van der Waals surface area (Å²) in [6.07, 6.45) is 0.534. The van der Waals surface area contributed by atoms with Gasteiger partial charge in [0.1, 0.15) is 0 Å². The average Bonchev–Trinajstić information content (AvgIpc) is 2.99. The molecule has 30 heavy (non-hydrogen) atoms. The van der Waals surface area contributed by atoms with E-state index in [1.165, 1.54) is 0 Å². The van der Waals surface area contributed by atoms with Gasteiger partial charge < -0.3 is 0 Å². The van der Waals surface area contributed by atoms with Gasteiger partial charge in [-0.25, -0.2) is 0 Å². The molecule has 4 rings (SSSR count). The third-order valence-electron chi connectivity index (χ3n) is 4.62. The van der Waals surface area contributed by atoms with Gasteiger partial charge in [0.05, 0.1) is 0 Å². The molecular weight excluding hydrogens is 528 g/mol. The average molecular weight is 545 g/mol. The Hall–Kier alpha value is -2.54. The number of aldehydes is 1. The summed E-state index contributed by atoms with van der Waals surface area (Å²) in [6, 6.07) is 8.66. The number of benzene rings is 2. The Kier molecular flexibility index (Phi) is 5.49. The standard InChI is InChI=1S/C19H17FIN3O5S/c1-29-14-4-2-12(3-5-14)7-21-8-15-13(10-25)6-16(20)19(18(15)22-11-21)24-9-17(26)23-30(24,27)28/h2-6,8,10H,7,9,11H2,1H3,(H,23,26). The third kappa shape index (κ3) is 3.78. The van der Waals surface area contributed by atoms with Gasteiger partial charge in [0.15, 0.2) is 0 Å². The van der Waals surface area contributed by atoms with Gasteiger partial charge in [-0.3, -0.25) is 0 Å². The normalized spacial score (nSPS) is 18.1. The zero-order valence-electron chi connectivity index (χ0n) is 15.8. The molecule has 2 aromatic carbocycles. The summed E-state index contributed by atoms with van der Waals surface area (Å²) in [5.41, 5.74) is 0.913. The molecule has 8 nitrogen and oxygen atoms in total. The molecule has 1 amide bonds. The molecule has 0 atom stereocenters. The second-order valence-corrected chi connectivity index (χ2v) is 13.1. The molecule has 0 aromatic heterocycles. The van der Waals surface area contributed by atoms with E-state index in [0.29, 0.717) is 20.4 Å². The summed E-state index contributed by atoms with van der Waals surface area (Å²) in [5.74, 6) is -0.913. The number of halogens is 2. The monoisotopic (exact) mass is 545 g/mol. The Morgan fingerprint density at radius 3 is 2.67 bits per heavy atom. The molecule has 0 radical (unpaired) electrons. The first kappa shape index (κ1) is 20.7. The van der Waals surface area contributed by atoms with Gasteiger partial charge in [0.2, 0.25) is 0 Å². The molecule has 2 aliphatic rings. The zero-order valence-corrected chi connectivity index (χ0v) is 18.7. The van der Waals surface area contributed by atoms with Gasteiger partial charge in [-0.2, -0.15) is 0 Å². The number of alkyl halides is 2. The van der Waals surface area contributed by atoms with Crippen LogP contribution in [0.4, 0.5) is 10.1 Å². The predicted octanol–water partition coefficient (Wildman–Crippen LogP) is 0.863. The van der Waals surface area contributed by atoms with Crippen LogP contribution in [-0.2, 0) is 19.4 Å². The number of carbonyl (C=O) groups excluding carboxylic acids is 2. The third-order valence-corrected chi connectivity index (χ3v) is 10.6. The van der Waals surface area contributed by atoms with E-state index < -0.39 is 48.3 Å². The molecule has 2 heterocycles. The molecule has 0 bridgehead atoms. The molecule has 1 fully saturated rings.